The summed E-state index contributed by atoms with van der Waals surface area (Å²) < 4.78 is 53.6. The fourth-order valence-corrected chi connectivity index (χ4v) is 4.23. The lowest BCUT2D eigenvalue weighted by atomic mass is 10.1. The SMILES string of the molecule is Fc1ccc(SN(CCc2ccc(Cl)cc2Cl)Cc2ccc(C(F)(F)F)cc2)cc1. The number of hydrogen-bond acceptors (Lipinski definition) is 2. The molecule has 0 bridgehead atoms. The lowest BCUT2D eigenvalue weighted by Gasteiger charge is -2.22. The van der Waals surface area contributed by atoms with Crippen molar-refractivity contribution in [3.63, 3.8) is 0 Å². The number of nitrogens with zero attached hydrogens (tertiary/aromatic N) is 1. The van der Waals surface area contributed by atoms with Gasteiger partial charge in [0.25, 0.3) is 0 Å². The highest BCUT2D eigenvalue weighted by atomic mass is 35.5. The van der Waals surface area contributed by atoms with Crippen molar-refractivity contribution in [3.05, 3.63) is 99.3 Å². The first-order valence-corrected chi connectivity index (χ1v) is 10.5. The molecule has 0 saturated carbocycles. The molecular weight excluding hydrogens is 457 g/mol. The quantitative estimate of drug-likeness (QED) is 0.253. The second-order valence-corrected chi connectivity index (χ2v) is 8.60. The normalized spacial score (nSPS) is 11.8. The molecular formula is C22H17Cl2F4NS. The highest BCUT2D eigenvalue weighted by Crippen LogP contribution is 2.31. The monoisotopic (exact) mass is 473 g/mol. The Morgan fingerprint density at radius 3 is 2.13 bits per heavy atom. The summed E-state index contributed by atoms with van der Waals surface area (Å²) in [6, 6.07) is 16.4. The second kappa shape index (κ2) is 10.1. The Kier molecular flexibility index (Phi) is 7.69. The van der Waals surface area contributed by atoms with E-state index in [1.807, 2.05) is 10.4 Å². The Hall–Kier alpha value is -1.73. The molecule has 0 fully saturated rings. The zero-order valence-electron chi connectivity index (χ0n) is 15.6. The van der Waals surface area contributed by atoms with E-state index in [0.29, 0.717) is 29.6 Å². The highest BCUT2D eigenvalue weighted by Gasteiger charge is 2.30. The maximum atomic E-state index is 13.2. The summed E-state index contributed by atoms with van der Waals surface area (Å²) in [4.78, 5) is 0.825. The average Bonchev–Trinajstić information content (AvgIpc) is 2.68. The Morgan fingerprint density at radius 1 is 0.867 bits per heavy atom. The van der Waals surface area contributed by atoms with Crippen LogP contribution in [0, 0.1) is 5.82 Å². The van der Waals surface area contributed by atoms with Gasteiger partial charge in [-0.25, -0.2) is 8.70 Å². The molecule has 0 N–H and O–H groups in total. The Morgan fingerprint density at radius 2 is 1.53 bits per heavy atom. The molecule has 0 atom stereocenters. The molecule has 0 saturated heterocycles. The third kappa shape index (κ3) is 6.64. The van der Waals surface area contributed by atoms with E-state index in [-0.39, 0.29) is 5.82 Å². The first-order valence-electron chi connectivity index (χ1n) is 8.99. The van der Waals surface area contributed by atoms with E-state index in [0.717, 1.165) is 28.2 Å². The minimum atomic E-state index is -4.37. The molecule has 0 radical (unpaired) electrons. The van der Waals surface area contributed by atoms with Crippen LogP contribution < -0.4 is 0 Å². The molecule has 0 aliphatic rings. The summed E-state index contributed by atoms with van der Waals surface area (Å²) in [6.45, 7) is 0.982. The van der Waals surface area contributed by atoms with Crippen LogP contribution in [-0.2, 0) is 19.1 Å². The molecule has 0 unspecified atom stereocenters. The van der Waals surface area contributed by atoms with Gasteiger partial charge >= 0.3 is 6.18 Å². The second-order valence-electron chi connectivity index (χ2n) is 6.59. The van der Waals surface area contributed by atoms with Gasteiger partial charge < -0.3 is 0 Å². The molecule has 3 rings (SSSR count). The van der Waals surface area contributed by atoms with E-state index < -0.39 is 11.7 Å². The molecule has 0 heterocycles. The molecule has 3 aromatic rings. The summed E-state index contributed by atoms with van der Waals surface area (Å²) >= 11 is 13.6. The van der Waals surface area contributed by atoms with Crippen LogP contribution in [0.5, 0.6) is 0 Å². The van der Waals surface area contributed by atoms with Crippen LogP contribution in [-0.4, -0.2) is 10.8 Å². The number of rotatable bonds is 7. The molecule has 0 aliphatic carbocycles. The molecule has 0 amide bonds. The van der Waals surface area contributed by atoms with Crippen molar-refractivity contribution in [3.8, 4) is 0 Å². The van der Waals surface area contributed by atoms with E-state index >= 15 is 0 Å². The van der Waals surface area contributed by atoms with E-state index in [1.54, 1.807) is 24.3 Å². The van der Waals surface area contributed by atoms with Crippen LogP contribution >= 0.6 is 35.1 Å². The van der Waals surface area contributed by atoms with E-state index in [2.05, 4.69) is 0 Å². The van der Waals surface area contributed by atoms with Crippen molar-refractivity contribution < 1.29 is 17.6 Å². The van der Waals surface area contributed by atoms with Crippen molar-refractivity contribution >= 4 is 35.1 Å². The Balaban J connectivity index is 1.75. The predicted molar refractivity (Wildman–Crippen MR) is 114 cm³/mol. The zero-order valence-corrected chi connectivity index (χ0v) is 17.9. The maximum Gasteiger partial charge on any atom is 0.416 e. The van der Waals surface area contributed by atoms with Crippen LogP contribution in [0.1, 0.15) is 16.7 Å². The first kappa shape index (κ1) is 22.9. The Labute approximate surface area is 186 Å². The summed E-state index contributed by atoms with van der Waals surface area (Å²) in [7, 11) is 0. The number of alkyl halides is 3. The van der Waals surface area contributed by atoms with E-state index in [1.165, 1.54) is 36.2 Å². The van der Waals surface area contributed by atoms with Gasteiger partial charge in [-0.15, -0.1) is 0 Å². The fourth-order valence-electron chi connectivity index (χ4n) is 2.77. The standard InChI is InChI=1S/C22H17Cl2F4NS/c23-18-6-3-16(21(24)13-18)11-12-29(30-20-9-7-19(25)8-10-20)14-15-1-4-17(5-2-15)22(26,27)28/h1-10,13H,11-12,14H2. The topological polar surface area (TPSA) is 3.24 Å². The molecule has 8 heteroatoms. The predicted octanol–water partition coefficient (Wildman–Crippen LogP) is 7.90. The van der Waals surface area contributed by atoms with Gasteiger partial charge in [0.2, 0.25) is 0 Å². The average molecular weight is 474 g/mol. The van der Waals surface area contributed by atoms with Crippen LogP contribution in [0.4, 0.5) is 17.6 Å². The number of halogens is 6. The third-order valence-electron chi connectivity index (χ3n) is 4.33. The van der Waals surface area contributed by atoms with Gasteiger partial charge in [-0.3, -0.25) is 0 Å². The number of hydrogen-bond donors (Lipinski definition) is 0. The van der Waals surface area contributed by atoms with Gasteiger partial charge in [0, 0.05) is 28.0 Å². The van der Waals surface area contributed by atoms with Crippen molar-refractivity contribution in [1.82, 2.24) is 4.31 Å². The van der Waals surface area contributed by atoms with E-state index in [4.69, 9.17) is 23.2 Å². The van der Waals surface area contributed by atoms with Crippen molar-refractivity contribution in [1.29, 1.82) is 0 Å². The van der Waals surface area contributed by atoms with Crippen molar-refractivity contribution in [2.24, 2.45) is 0 Å². The number of benzene rings is 3. The molecule has 0 aliphatic heterocycles. The molecule has 0 aromatic heterocycles. The van der Waals surface area contributed by atoms with Gasteiger partial charge in [0.15, 0.2) is 0 Å². The molecule has 1 nitrogen and oxygen atoms in total. The highest BCUT2D eigenvalue weighted by molar-refractivity contribution is 7.97. The van der Waals surface area contributed by atoms with Gasteiger partial charge in [-0.1, -0.05) is 41.4 Å². The van der Waals surface area contributed by atoms with Gasteiger partial charge in [-0.05, 0) is 78.0 Å². The van der Waals surface area contributed by atoms with Crippen molar-refractivity contribution in [2.75, 3.05) is 6.54 Å². The lowest BCUT2D eigenvalue weighted by Crippen LogP contribution is -2.19. The van der Waals surface area contributed by atoms with Gasteiger partial charge in [0.1, 0.15) is 5.82 Å². The van der Waals surface area contributed by atoms with Crippen LogP contribution in [0.2, 0.25) is 10.0 Å². The fraction of sp³-hybridized carbons (Fsp3) is 0.182. The largest absolute Gasteiger partial charge is 0.416 e. The summed E-state index contributed by atoms with van der Waals surface area (Å²) in [6.07, 6.45) is -3.75. The van der Waals surface area contributed by atoms with Crippen LogP contribution in [0.25, 0.3) is 0 Å². The third-order valence-corrected chi connectivity index (χ3v) is 5.97. The van der Waals surface area contributed by atoms with Gasteiger partial charge in [-0.2, -0.15) is 13.2 Å². The lowest BCUT2D eigenvalue weighted by molar-refractivity contribution is -0.137. The minimum Gasteiger partial charge on any atom is -0.242 e. The molecule has 0 spiro atoms. The minimum absolute atomic E-state index is 0.332. The summed E-state index contributed by atoms with van der Waals surface area (Å²) in [5.41, 5.74) is 0.968. The van der Waals surface area contributed by atoms with Crippen molar-refractivity contribution in [2.45, 2.75) is 24.0 Å². The summed E-state index contributed by atoms with van der Waals surface area (Å²) in [5.74, 6) is -0.332. The smallest absolute Gasteiger partial charge is 0.242 e. The van der Waals surface area contributed by atoms with Gasteiger partial charge in [0.05, 0.1) is 5.56 Å². The molecule has 3 aromatic carbocycles. The van der Waals surface area contributed by atoms with Crippen LogP contribution in [0.15, 0.2) is 71.6 Å². The molecule has 30 heavy (non-hydrogen) atoms. The zero-order chi connectivity index (χ0) is 21.7. The molecule has 158 valence electrons. The van der Waals surface area contributed by atoms with Crippen LogP contribution in [0.3, 0.4) is 0 Å². The van der Waals surface area contributed by atoms with E-state index in [9.17, 15) is 17.6 Å². The first-order chi connectivity index (χ1) is 14.2. The summed E-state index contributed by atoms with van der Waals surface area (Å²) in [5, 5.41) is 1.11. The maximum absolute atomic E-state index is 13.2. The Bertz CT molecular complexity index is 976.